The molecule has 1 aromatic rings. The maximum atomic E-state index is 12.1. The molecule has 1 fully saturated rings. The summed E-state index contributed by atoms with van der Waals surface area (Å²) in [4.78, 5) is 33.3. The Balaban J connectivity index is 1.49. The van der Waals surface area contributed by atoms with E-state index in [9.17, 15) is 14.7 Å². The van der Waals surface area contributed by atoms with Gasteiger partial charge in [0, 0.05) is 12.3 Å². The molecule has 3 rings (SSSR count). The zero-order valence-electron chi connectivity index (χ0n) is 14.2. The predicted molar refractivity (Wildman–Crippen MR) is 91.0 cm³/mol. The highest BCUT2D eigenvalue weighted by atomic mass is 16.5. The van der Waals surface area contributed by atoms with Crippen molar-refractivity contribution >= 4 is 5.91 Å². The lowest BCUT2D eigenvalue weighted by Gasteiger charge is -2.30. The van der Waals surface area contributed by atoms with Crippen LogP contribution < -0.4 is 10.9 Å². The third-order valence-electron chi connectivity index (χ3n) is 4.76. The van der Waals surface area contributed by atoms with Crippen molar-refractivity contribution in [3.05, 3.63) is 39.8 Å². The second-order valence-corrected chi connectivity index (χ2v) is 6.56. The van der Waals surface area contributed by atoms with Gasteiger partial charge in [-0.25, -0.2) is 4.98 Å². The van der Waals surface area contributed by atoms with Crippen molar-refractivity contribution in [1.82, 2.24) is 20.2 Å². The molecule has 136 valence electrons. The molecule has 0 atom stereocenters. The fourth-order valence-corrected chi connectivity index (χ4v) is 3.24. The van der Waals surface area contributed by atoms with E-state index in [0.717, 1.165) is 31.6 Å². The van der Waals surface area contributed by atoms with Gasteiger partial charge in [0.1, 0.15) is 5.82 Å². The van der Waals surface area contributed by atoms with E-state index < -0.39 is 0 Å². The Morgan fingerprint density at radius 2 is 2.20 bits per heavy atom. The molecule has 25 heavy (non-hydrogen) atoms. The van der Waals surface area contributed by atoms with Gasteiger partial charge in [-0.1, -0.05) is 6.58 Å². The SMILES string of the molecule is C=C(O)C1CCN(CC(=O)NCc2nc3c(c(=O)[nH]2)COCC3)CC1. The number of carbonyl (C=O) groups is 1. The minimum Gasteiger partial charge on any atom is -0.513 e. The Hall–Kier alpha value is -2.19. The smallest absolute Gasteiger partial charge is 0.256 e. The number of allylic oxidation sites excluding steroid dienone is 1. The summed E-state index contributed by atoms with van der Waals surface area (Å²) >= 11 is 0. The van der Waals surface area contributed by atoms with Gasteiger partial charge in [0.2, 0.25) is 5.91 Å². The summed E-state index contributed by atoms with van der Waals surface area (Å²) in [5.41, 5.74) is 1.14. The molecular formula is C17H24N4O4. The number of piperidine rings is 1. The number of aromatic amines is 1. The lowest BCUT2D eigenvalue weighted by molar-refractivity contribution is -0.122. The van der Waals surface area contributed by atoms with E-state index in [0.29, 0.717) is 37.6 Å². The number of nitrogens with one attached hydrogen (secondary N) is 2. The summed E-state index contributed by atoms with van der Waals surface area (Å²) in [7, 11) is 0. The van der Waals surface area contributed by atoms with Crippen LogP contribution in [0.2, 0.25) is 0 Å². The maximum Gasteiger partial charge on any atom is 0.256 e. The molecule has 0 saturated carbocycles. The second-order valence-electron chi connectivity index (χ2n) is 6.56. The van der Waals surface area contributed by atoms with Gasteiger partial charge < -0.3 is 20.1 Å². The van der Waals surface area contributed by atoms with Crippen molar-refractivity contribution in [2.75, 3.05) is 26.2 Å². The first-order chi connectivity index (χ1) is 12.0. The number of carbonyl (C=O) groups excluding carboxylic acids is 1. The molecule has 8 nitrogen and oxygen atoms in total. The van der Waals surface area contributed by atoms with E-state index in [4.69, 9.17) is 4.74 Å². The highest BCUT2D eigenvalue weighted by Crippen LogP contribution is 2.21. The molecule has 0 aliphatic carbocycles. The van der Waals surface area contributed by atoms with Crippen LogP contribution in [0.4, 0.5) is 0 Å². The largest absolute Gasteiger partial charge is 0.513 e. The van der Waals surface area contributed by atoms with E-state index >= 15 is 0 Å². The molecule has 0 radical (unpaired) electrons. The fraction of sp³-hybridized carbons (Fsp3) is 0.588. The zero-order chi connectivity index (χ0) is 17.8. The summed E-state index contributed by atoms with van der Waals surface area (Å²) in [6.07, 6.45) is 2.24. The van der Waals surface area contributed by atoms with Gasteiger partial charge >= 0.3 is 0 Å². The summed E-state index contributed by atoms with van der Waals surface area (Å²) in [6, 6.07) is 0. The van der Waals surface area contributed by atoms with Crippen LogP contribution in [-0.2, 0) is 29.1 Å². The number of ether oxygens (including phenoxy) is 1. The van der Waals surface area contributed by atoms with Crippen LogP contribution in [0, 0.1) is 5.92 Å². The number of aromatic nitrogens is 2. The Morgan fingerprint density at radius 1 is 1.44 bits per heavy atom. The van der Waals surface area contributed by atoms with Crippen molar-refractivity contribution in [2.45, 2.75) is 32.4 Å². The van der Waals surface area contributed by atoms with Gasteiger partial charge in [-0.3, -0.25) is 14.5 Å². The third-order valence-corrected chi connectivity index (χ3v) is 4.76. The monoisotopic (exact) mass is 348 g/mol. The zero-order valence-corrected chi connectivity index (χ0v) is 14.2. The summed E-state index contributed by atoms with van der Waals surface area (Å²) in [5.74, 6) is 0.726. The number of likely N-dealkylation sites (tertiary alicyclic amines) is 1. The molecule has 3 N–H and O–H groups in total. The highest BCUT2D eigenvalue weighted by Gasteiger charge is 2.22. The number of amides is 1. The van der Waals surface area contributed by atoms with Crippen molar-refractivity contribution in [3.63, 3.8) is 0 Å². The number of aliphatic hydroxyl groups excluding tert-OH is 1. The Labute approximate surface area is 145 Å². The van der Waals surface area contributed by atoms with E-state index in [2.05, 4.69) is 26.8 Å². The molecule has 0 unspecified atom stereocenters. The van der Waals surface area contributed by atoms with Gasteiger partial charge in [-0.2, -0.15) is 0 Å². The molecule has 3 heterocycles. The van der Waals surface area contributed by atoms with Gasteiger partial charge in [-0.05, 0) is 25.9 Å². The normalized spacial score (nSPS) is 18.6. The van der Waals surface area contributed by atoms with Crippen LogP contribution >= 0.6 is 0 Å². The molecular weight excluding hydrogens is 324 g/mol. The third kappa shape index (κ3) is 4.46. The van der Waals surface area contributed by atoms with Crippen LogP contribution in [0.25, 0.3) is 0 Å². The summed E-state index contributed by atoms with van der Waals surface area (Å²) in [6.45, 7) is 6.44. The number of hydrogen-bond donors (Lipinski definition) is 3. The van der Waals surface area contributed by atoms with Crippen LogP contribution in [0.15, 0.2) is 17.1 Å². The van der Waals surface area contributed by atoms with Crippen molar-refractivity contribution in [2.24, 2.45) is 5.92 Å². The Morgan fingerprint density at radius 3 is 2.92 bits per heavy atom. The average molecular weight is 348 g/mol. The topological polar surface area (TPSA) is 108 Å². The minimum absolute atomic E-state index is 0.107. The molecule has 1 aromatic heterocycles. The standard InChI is InChI=1S/C17H24N4O4/c1-11(22)12-2-5-21(6-3-12)9-16(23)18-8-15-19-14-4-7-25-10-13(14)17(24)20-15/h12,22H,1-10H2,(H,18,23)(H,19,20,24). The van der Waals surface area contributed by atoms with Gasteiger partial charge in [-0.15, -0.1) is 0 Å². The summed E-state index contributed by atoms with van der Waals surface area (Å²) < 4.78 is 5.27. The first-order valence-electron chi connectivity index (χ1n) is 8.58. The van der Waals surface area contributed by atoms with Crippen LogP contribution in [0.1, 0.15) is 29.9 Å². The molecule has 0 spiro atoms. The van der Waals surface area contributed by atoms with Gasteiger partial charge in [0.25, 0.3) is 5.56 Å². The van der Waals surface area contributed by atoms with E-state index in [1.807, 2.05) is 0 Å². The Bertz CT molecular complexity index is 707. The van der Waals surface area contributed by atoms with Crippen LogP contribution in [-0.4, -0.2) is 52.1 Å². The molecule has 0 bridgehead atoms. The molecule has 1 amide bonds. The number of aliphatic hydroxyl groups is 1. The van der Waals surface area contributed by atoms with Crippen molar-refractivity contribution < 1.29 is 14.6 Å². The average Bonchev–Trinajstić information content (AvgIpc) is 2.60. The van der Waals surface area contributed by atoms with Crippen LogP contribution in [0.3, 0.4) is 0 Å². The van der Waals surface area contributed by atoms with Crippen molar-refractivity contribution in [3.8, 4) is 0 Å². The number of fused-ring (bicyclic) bond motifs is 1. The van der Waals surface area contributed by atoms with Crippen LogP contribution in [0.5, 0.6) is 0 Å². The number of H-pyrrole nitrogens is 1. The first-order valence-corrected chi connectivity index (χ1v) is 8.58. The molecule has 2 aliphatic rings. The Kier molecular flexibility index (Phi) is 5.50. The van der Waals surface area contributed by atoms with E-state index in [-0.39, 0.29) is 29.7 Å². The molecule has 0 aromatic carbocycles. The number of rotatable bonds is 5. The lowest BCUT2D eigenvalue weighted by atomic mass is 9.95. The summed E-state index contributed by atoms with van der Waals surface area (Å²) in [5, 5.41) is 12.2. The van der Waals surface area contributed by atoms with Gasteiger partial charge in [0.05, 0.1) is 43.3 Å². The fourth-order valence-electron chi connectivity index (χ4n) is 3.24. The minimum atomic E-state index is -0.194. The maximum absolute atomic E-state index is 12.1. The number of nitrogens with zero attached hydrogens (tertiary/aromatic N) is 2. The van der Waals surface area contributed by atoms with E-state index in [1.54, 1.807) is 0 Å². The van der Waals surface area contributed by atoms with E-state index in [1.165, 1.54) is 0 Å². The molecule has 2 aliphatic heterocycles. The number of hydrogen-bond acceptors (Lipinski definition) is 6. The lowest BCUT2D eigenvalue weighted by Crippen LogP contribution is -2.41. The predicted octanol–water partition coefficient (Wildman–Crippen LogP) is 0.243. The van der Waals surface area contributed by atoms with Gasteiger partial charge in [0.15, 0.2) is 0 Å². The molecule has 8 heteroatoms. The molecule has 1 saturated heterocycles. The highest BCUT2D eigenvalue weighted by molar-refractivity contribution is 5.77. The first kappa shape index (κ1) is 17.6. The van der Waals surface area contributed by atoms with Crippen molar-refractivity contribution in [1.29, 1.82) is 0 Å². The second kappa shape index (κ2) is 7.79. The quantitative estimate of drug-likeness (QED) is 0.658.